The molecule has 1 saturated heterocycles. The molecule has 22 heavy (non-hydrogen) atoms. The molecule has 0 aromatic rings. The van der Waals surface area contributed by atoms with Crippen molar-refractivity contribution in [3.05, 3.63) is 0 Å². The molecule has 1 N–H and O–H groups in total. The average molecular weight is 317 g/mol. The monoisotopic (exact) mass is 317 g/mol. The first kappa shape index (κ1) is 18.4. The zero-order chi connectivity index (χ0) is 16.7. The van der Waals surface area contributed by atoms with Crippen LogP contribution >= 0.6 is 0 Å². The van der Waals surface area contributed by atoms with Crippen molar-refractivity contribution in [1.29, 1.82) is 0 Å². The highest BCUT2D eigenvalue weighted by Gasteiger charge is 2.42. The van der Waals surface area contributed by atoms with Crippen LogP contribution in [0.5, 0.6) is 0 Å². The summed E-state index contributed by atoms with van der Waals surface area (Å²) in [5, 5.41) is 2.73. The van der Waals surface area contributed by atoms with Gasteiger partial charge < -0.3 is 24.3 Å². The van der Waals surface area contributed by atoms with E-state index in [0.717, 1.165) is 0 Å². The van der Waals surface area contributed by atoms with Crippen molar-refractivity contribution in [2.45, 2.75) is 58.7 Å². The number of carbonyl (C=O) groups excluding carboxylic acids is 3. The van der Waals surface area contributed by atoms with Crippen LogP contribution in [0.1, 0.15) is 34.1 Å². The predicted octanol–water partition coefficient (Wildman–Crippen LogP) is 0.137. The average Bonchev–Trinajstić information content (AvgIpc) is 2.38. The Balaban J connectivity index is 2.89. The molecule has 0 spiro atoms. The Morgan fingerprint density at radius 2 is 1.86 bits per heavy atom. The van der Waals surface area contributed by atoms with Gasteiger partial charge >= 0.3 is 11.9 Å². The Morgan fingerprint density at radius 3 is 2.36 bits per heavy atom. The summed E-state index contributed by atoms with van der Waals surface area (Å²) in [4.78, 5) is 33.7. The topological polar surface area (TPSA) is 100 Å². The van der Waals surface area contributed by atoms with Crippen LogP contribution in [0.15, 0.2) is 0 Å². The Labute approximate surface area is 129 Å². The minimum absolute atomic E-state index is 0.0903. The molecule has 4 atom stereocenters. The number of hydrogen-bond donors (Lipinski definition) is 1. The zero-order valence-corrected chi connectivity index (χ0v) is 13.3. The SMILES string of the molecule is CCO[C@H]1C[C@H](NC(C)=O)[C@H](OC(C)=O)[C@@H](COC(C)=O)O1. The summed E-state index contributed by atoms with van der Waals surface area (Å²) in [6.07, 6.45) is -1.70. The lowest BCUT2D eigenvalue weighted by molar-refractivity contribution is -0.243. The van der Waals surface area contributed by atoms with E-state index < -0.39 is 36.5 Å². The number of rotatable bonds is 6. The molecule has 0 aliphatic carbocycles. The summed E-state index contributed by atoms with van der Waals surface area (Å²) in [7, 11) is 0. The predicted molar refractivity (Wildman–Crippen MR) is 74.7 cm³/mol. The maximum atomic E-state index is 11.4. The van der Waals surface area contributed by atoms with E-state index in [1.807, 2.05) is 6.92 Å². The van der Waals surface area contributed by atoms with Crippen molar-refractivity contribution in [3.8, 4) is 0 Å². The first-order valence-corrected chi connectivity index (χ1v) is 7.18. The van der Waals surface area contributed by atoms with Crippen LogP contribution in [0.2, 0.25) is 0 Å². The first-order chi connectivity index (χ1) is 10.3. The molecule has 126 valence electrons. The second kappa shape index (κ2) is 8.70. The lowest BCUT2D eigenvalue weighted by atomic mass is 9.98. The van der Waals surface area contributed by atoms with Crippen LogP contribution in [0.4, 0.5) is 0 Å². The van der Waals surface area contributed by atoms with Crippen molar-refractivity contribution in [2.75, 3.05) is 13.2 Å². The quantitative estimate of drug-likeness (QED) is 0.695. The minimum Gasteiger partial charge on any atom is -0.463 e. The van der Waals surface area contributed by atoms with Crippen LogP contribution in [-0.4, -0.2) is 55.6 Å². The molecule has 0 aromatic carbocycles. The van der Waals surface area contributed by atoms with E-state index in [9.17, 15) is 14.4 Å². The van der Waals surface area contributed by atoms with Crippen LogP contribution in [0.3, 0.4) is 0 Å². The Bertz CT molecular complexity index is 412. The van der Waals surface area contributed by atoms with Gasteiger partial charge in [-0.25, -0.2) is 0 Å². The van der Waals surface area contributed by atoms with Crippen LogP contribution < -0.4 is 5.32 Å². The smallest absolute Gasteiger partial charge is 0.303 e. The summed E-state index contributed by atoms with van der Waals surface area (Å²) >= 11 is 0. The molecule has 0 radical (unpaired) electrons. The second-order valence-corrected chi connectivity index (χ2v) is 4.98. The summed E-state index contributed by atoms with van der Waals surface area (Å²) in [6, 6.07) is -0.479. The van der Waals surface area contributed by atoms with E-state index >= 15 is 0 Å². The molecule has 1 heterocycles. The summed E-state index contributed by atoms with van der Waals surface area (Å²) in [5.41, 5.74) is 0. The lowest BCUT2D eigenvalue weighted by Crippen LogP contribution is -2.58. The highest BCUT2D eigenvalue weighted by Crippen LogP contribution is 2.24. The standard InChI is InChI=1S/C14H23NO7/c1-5-19-13-6-11(15-8(2)16)14(21-10(4)18)12(22-13)7-20-9(3)17/h11-14H,5-7H2,1-4H3,(H,15,16)/t11-,12+,13+,14-/m0/s1. The van der Waals surface area contributed by atoms with E-state index in [4.69, 9.17) is 18.9 Å². The van der Waals surface area contributed by atoms with Gasteiger partial charge in [0.1, 0.15) is 12.7 Å². The Hall–Kier alpha value is -1.67. The Kier molecular flexibility index (Phi) is 7.26. The fourth-order valence-corrected chi connectivity index (χ4v) is 2.31. The van der Waals surface area contributed by atoms with Gasteiger partial charge in [0, 0.05) is 33.8 Å². The van der Waals surface area contributed by atoms with Crippen molar-refractivity contribution in [1.82, 2.24) is 5.32 Å². The molecule has 0 saturated carbocycles. The third-order valence-corrected chi connectivity index (χ3v) is 3.03. The van der Waals surface area contributed by atoms with Gasteiger partial charge in [0.05, 0.1) is 6.04 Å². The van der Waals surface area contributed by atoms with Gasteiger partial charge in [-0.3, -0.25) is 14.4 Å². The highest BCUT2D eigenvalue weighted by molar-refractivity contribution is 5.73. The van der Waals surface area contributed by atoms with Gasteiger partial charge in [-0.2, -0.15) is 0 Å². The van der Waals surface area contributed by atoms with Gasteiger partial charge in [-0.05, 0) is 6.92 Å². The molecule has 0 aromatic heterocycles. The van der Waals surface area contributed by atoms with E-state index in [1.54, 1.807) is 0 Å². The molecule has 8 nitrogen and oxygen atoms in total. The minimum atomic E-state index is -0.752. The third-order valence-electron chi connectivity index (χ3n) is 3.03. The fraction of sp³-hybridized carbons (Fsp3) is 0.786. The van der Waals surface area contributed by atoms with Gasteiger partial charge in [0.2, 0.25) is 5.91 Å². The summed E-state index contributed by atoms with van der Waals surface area (Å²) in [6.45, 7) is 6.06. The maximum Gasteiger partial charge on any atom is 0.303 e. The molecule has 0 unspecified atom stereocenters. The normalized spacial score (nSPS) is 27.8. The molecule has 1 aliphatic rings. The second-order valence-electron chi connectivity index (χ2n) is 4.98. The summed E-state index contributed by atoms with van der Waals surface area (Å²) in [5.74, 6) is -1.24. The molecular weight excluding hydrogens is 294 g/mol. The van der Waals surface area contributed by atoms with E-state index in [0.29, 0.717) is 13.0 Å². The molecule has 0 bridgehead atoms. The van der Waals surface area contributed by atoms with Gasteiger partial charge in [0.25, 0.3) is 0 Å². The van der Waals surface area contributed by atoms with E-state index in [-0.39, 0.29) is 12.5 Å². The molecule has 1 amide bonds. The van der Waals surface area contributed by atoms with Crippen molar-refractivity contribution < 1.29 is 33.3 Å². The van der Waals surface area contributed by atoms with Gasteiger partial charge in [-0.15, -0.1) is 0 Å². The fourth-order valence-electron chi connectivity index (χ4n) is 2.31. The highest BCUT2D eigenvalue weighted by atomic mass is 16.7. The number of ether oxygens (including phenoxy) is 4. The Morgan fingerprint density at radius 1 is 1.18 bits per heavy atom. The molecular formula is C14H23NO7. The van der Waals surface area contributed by atoms with Crippen LogP contribution in [0.25, 0.3) is 0 Å². The van der Waals surface area contributed by atoms with Crippen molar-refractivity contribution >= 4 is 17.8 Å². The number of hydrogen-bond acceptors (Lipinski definition) is 7. The third kappa shape index (κ3) is 5.98. The molecule has 8 heteroatoms. The maximum absolute atomic E-state index is 11.4. The van der Waals surface area contributed by atoms with E-state index in [2.05, 4.69) is 5.32 Å². The number of amides is 1. The van der Waals surface area contributed by atoms with Crippen LogP contribution in [0, 0.1) is 0 Å². The number of nitrogens with one attached hydrogen (secondary N) is 1. The van der Waals surface area contributed by atoms with Crippen molar-refractivity contribution in [3.63, 3.8) is 0 Å². The first-order valence-electron chi connectivity index (χ1n) is 7.18. The summed E-state index contributed by atoms with van der Waals surface area (Å²) < 4.78 is 21.3. The van der Waals surface area contributed by atoms with Crippen LogP contribution in [-0.2, 0) is 33.3 Å². The molecule has 1 rings (SSSR count). The zero-order valence-electron chi connectivity index (χ0n) is 13.3. The number of esters is 2. The molecule has 1 fully saturated rings. The number of carbonyl (C=O) groups is 3. The van der Waals surface area contributed by atoms with Gasteiger partial charge in [-0.1, -0.05) is 0 Å². The largest absolute Gasteiger partial charge is 0.463 e. The van der Waals surface area contributed by atoms with E-state index in [1.165, 1.54) is 20.8 Å². The van der Waals surface area contributed by atoms with Crippen molar-refractivity contribution in [2.24, 2.45) is 0 Å². The van der Waals surface area contributed by atoms with Gasteiger partial charge in [0.15, 0.2) is 12.4 Å². The lowest BCUT2D eigenvalue weighted by Gasteiger charge is -2.40. The molecule has 1 aliphatic heterocycles.